The minimum absolute atomic E-state index is 0.0610. The van der Waals surface area contributed by atoms with Crippen LogP contribution in [0.3, 0.4) is 0 Å². The summed E-state index contributed by atoms with van der Waals surface area (Å²) in [5, 5.41) is 10.6. The van der Waals surface area contributed by atoms with Crippen molar-refractivity contribution in [1.82, 2.24) is 4.72 Å². The fourth-order valence-electron chi connectivity index (χ4n) is 1.60. The molecule has 0 spiro atoms. The van der Waals surface area contributed by atoms with Gasteiger partial charge in [0.1, 0.15) is 0 Å². The Balaban J connectivity index is 2.87. The third kappa shape index (κ3) is 4.27. The Morgan fingerprint density at radius 1 is 1.37 bits per heavy atom. The van der Waals surface area contributed by atoms with Crippen LogP contribution in [0.25, 0.3) is 0 Å². The van der Waals surface area contributed by atoms with Gasteiger partial charge in [-0.2, -0.15) is 0 Å². The molecule has 1 aromatic carbocycles. The first-order valence-electron chi connectivity index (χ1n) is 5.83. The number of nitrogens with one attached hydrogen (secondary N) is 1. The van der Waals surface area contributed by atoms with Crippen LogP contribution in [0.5, 0.6) is 0 Å². The van der Waals surface area contributed by atoms with Crippen molar-refractivity contribution < 1.29 is 13.3 Å². The number of rotatable bonds is 7. The lowest BCUT2D eigenvalue weighted by Crippen LogP contribution is -2.25. The van der Waals surface area contributed by atoms with E-state index < -0.39 is 14.9 Å². The van der Waals surface area contributed by atoms with Crippen LogP contribution in [0, 0.1) is 17.0 Å². The summed E-state index contributed by atoms with van der Waals surface area (Å²) in [5.74, 6) is 0. The van der Waals surface area contributed by atoms with Crippen LogP contribution in [0.15, 0.2) is 23.1 Å². The Hall–Kier alpha value is -1.51. The number of nitrogens with two attached hydrogens (primary N) is 1. The van der Waals surface area contributed by atoms with E-state index in [1.807, 2.05) is 0 Å². The van der Waals surface area contributed by atoms with Crippen molar-refractivity contribution in [3.63, 3.8) is 0 Å². The van der Waals surface area contributed by atoms with Gasteiger partial charge in [-0.05, 0) is 37.9 Å². The average molecular weight is 287 g/mol. The smallest absolute Gasteiger partial charge is 0.269 e. The van der Waals surface area contributed by atoms with E-state index in [2.05, 4.69) is 4.72 Å². The summed E-state index contributed by atoms with van der Waals surface area (Å²) in [4.78, 5) is 10.1. The van der Waals surface area contributed by atoms with Crippen LogP contribution in [-0.4, -0.2) is 26.4 Å². The van der Waals surface area contributed by atoms with E-state index in [1.54, 1.807) is 0 Å². The summed E-state index contributed by atoms with van der Waals surface area (Å²) in [6.45, 7) is 2.34. The lowest BCUT2D eigenvalue weighted by molar-refractivity contribution is -0.385. The van der Waals surface area contributed by atoms with Gasteiger partial charge in [0, 0.05) is 18.7 Å². The van der Waals surface area contributed by atoms with Gasteiger partial charge in [0.2, 0.25) is 10.0 Å². The van der Waals surface area contributed by atoms with Gasteiger partial charge in [-0.25, -0.2) is 13.1 Å². The highest BCUT2D eigenvalue weighted by Crippen LogP contribution is 2.20. The topological polar surface area (TPSA) is 115 Å². The average Bonchev–Trinajstić information content (AvgIpc) is 2.34. The molecule has 0 bridgehead atoms. The van der Waals surface area contributed by atoms with E-state index in [9.17, 15) is 18.5 Å². The van der Waals surface area contributed by atoms with Gasteiger partial charge in [0.25, 0.3) is 5.69 Å². The molecule has 0 unspecified atom stereocenters. The molecule has 7 nitrogen and oxygen atoms in total. The van der Waals surface area contributed by atoms with Gasteiger partial charge >= 0.3 is 0 Å². The van der Waals surface area contributed by atoms with Crippen LogP contribution in [0.1, 0.15) is 18.4 Å². The zero-order valence-electron chi connectivity index (χ0n) is 10.6. The van der Waals surface area contributed by atoms with Gasteiger partial charge in [0.05, 0.1) is 9.82 Å². The number of hydrogen-bond acceptors (Lipinski definition) is 5. The quantitative estimate of drug-likeness (QED) is 0.439. The Morgan fingerprint density at radius 2 is 2.05 bits per heavy atom. The maximum Gasteiger partial charge on any atom is 0.269 e. The van der Waals surface area contributed by atoms with Gasteiger partial charge in [-0.3, -0.25) is 10.1 Å². The molecule has 19 heavy (non-hydrogen) atoms. The molecular weight excluding hydrogens is 270 g/mol. The number of nitrogens with zero attached hydrogens (tertiary/aromatic N) is 1. The van der Waals surface area contributed by atoms with Crippen molar-refractivity contribution in [2.45, 2.75) is 24.7 Å². The zero-order valence-corrected chi connectivity index (χ0v) is 11.4. The fraction of sp³-hybridized carbons (Fsp3) is 0.455. The van der Waals surface area contributed by atoms with Crippen molar-refractivity contribution in [3.8, 4) is 0 Å². The first kappa shape index (κ1) is 15.5. The van der Waals surface area contributed by atoms with E-state index in [4.69, 9.17) is 5.73 Å². The summed E-state index contributed by atoms with van der Waals surface area (Å²) in [6.07, 6.45) is 1.39. The van der Waals surface area contributed by atoms with E-state index >= 15 is 0 Å². The second kappa shape index (κ2) is 6.60. The van der Waals surface area contributed by atoms with Crippen molar-refractivity contribution in [2.75, 3.05) is 13.1 Å². The fourth-order valence-corrected chi connectivity index (χ4v) is 2.90. The third-order valence-electron chi connectivity index (χ3n) is 2.58. The number of nitro groups is 1. The summed E-state index contributed by atoms with van der Waals surface area (Å²) in [6, 6.07) is 3.68. The van der Waals surface area contributed by atoms with Crippen molar-refractivity contribution in [2.24, 2.45) is 5.73 Å². The Bertz CT molecular complexity index is 557. The highest BCUT2D eigenvalue weighted by Gasteiger charge is 2.18. The van der Waals surface area contributed by atoms with Crippen LogP contribution in [0.4, 0.5) is 5.69 Å². The maximum absolute atomic E-state index is 12.0. The SMILES string of the molecule is Cc1cc([N+](=O)[O-])ccc1S(=O)(=O)NCCCCN. The summed E-state index contributed by atoms with van der Waals surface area (Å²) >= 11 is 0. The van der Waals surface area contributed by atoms with Gasteiger partial charge in [-0.1, -0.05) is 0 Å². The van der Waals surface area contributed by atoms with Gasteiger partial charge in [-0.15, -0.1) is 0 Å². The standard InChI is InChI=1S/C11H17N3O4S/c1-9-8-10(14(15)16)4-5-11(9)19(17,18)13-7-3-2-6-12/h4-5,8,13H,2-3,6-7,12H2,1H3. The molecule has 3 N–H and O–H groups in total. The zero-order chi connectivity index (χ0) is 14.5. The normalized spacial score (nSPS) is 11.5. The van der Waals surface area contributed by atoms with E-state index in [1.165, 1.54) is 25.1 Å². The summed E-state index contributed by atoms with van der Waals surface area (Å²) in [5.41, 5.74) is 5.54. The van der Waals surface area contributed by atoms with Gasteiger partial charge < -0.3 is 5.73 Å². The molecule has 1 rings (SSSR count). The lowest BCUT2D eigenvalue weighted by Gasteiger charge is -2.08. The van der Waals surface area contributed by atoms with Crippen LogP contribution in [-0.2, 0) is 10.0 Å². The summed E-state index contributed by atoms with van der Waals surface area (Å²) < 4.78 is 26.4. The number of non-ortho nitro benzene ring substituents is 1. The molecule has 0 aliphatic carbocycles. The van der Waals surface area contributed by atoms with E-state index in [-0.39, 0.29) is 10.6 Å². The lowest BCUT2D eigenvalue weighted by atomic mass is 10.2. The molecule has 0 saturated heterocycles. The van der Waals surface area contributed by atoms with E-state index in [0.29, 0.717) is 25.1 Å². The second-order valence-electron chi connectivity index (χ2n) is 4.10. The van der Waals surface area contributed by atoms with Crippen molar-refractivity contribution in [1.29, 1.82) is 0 Å². The maximum atomic E-state index is 12.0. The first-order chi connectivity index (χ1) is 8.88. The number of hydrogen-bond donors (Lipinski definition) is 2. The summed E-state index contributed by atoms with van der Waals surface area (Å²) in [7, 11) is -3.63. The molecule has 0 aliphatic rings. The number of benzene rings is 1. The number of sulfonamides is 1. The predicted molar refractivity (Wildman–Crippen MR) is 71.3 cm³/mol. The molecule has 1 aromatic rings. The molecular formula is C11H17N3O4S. The monoisotopic (exact) mass is 287 g/mol. The van der Waals surface area contributed by atoms with Crippen LogP contribution < -0.4 is 10.5 Å². The molecule has 0 heterocycles. The molecule has 0 atom stereocenters. The predicted octanol–water partition coefficient (Wildman–Crippen LogP) is 0.920. The molecule has 0 fully saturated rings. The van der Waals surface area contributed by atoms with Crippen molar-refractivity contribution >= 4 is 15.7 Å². The minimum Gasteiger partial charge on any atom is -0.330 e. The highest BCUT2D eigenvalue weighted by atomic mass is 32.2. The molecule has 0 radical (unpaired) electrons. The van der Waals surface area contributed by atoms with Crippen LogP contribution in [0.2, 0.25) is 0 Å². The van der Waals surface area contributed by atoms with Crippen molar-refractivity contribution in [3.05, 3.63) is 33.9 Å². The highest BCUT2D eigenvalue weighted by molar-refractivity contribution is 7.89. The molecule has 0 saturated carbocycles. The Kier molecular flexibility index (Phi) is 5.40. The largest absolute Gasteiger partial charge is 0.330 e. The molecule has 0 aliphatic heterocycles. The van der Waals surface area contributed by atoms with Gasteiger partial charge in [0.15, 0.2) is 0 Å². The molecule has 8 heteroatoms. The molecule has 0 amide bonds. The Labute approximate surface area is 112 Å². The first-order valence-corrected chi connectivity index (χ1v) is 7.31. The second-order valence-corrected chi connectivity index (χ2v) is 5.84. The molecule has 0 aromatic heterocycles. The number of unbranched alkanes of at least 4 members (excludes halogenated alkanes) is 1. The Morgan fingerprint density at radius 3 is 2.58 bits per heavy atom. The number of nitro benzene ring substituents is 1. The number of aryl methyl sites for hydroxylation is 1. The molecule has 106 valence electrons. The van der Waals surface area contributed by atoms with E-state index in [0.717, 1.165) is 6.42 Å². The minimum atomic E-state index is -3.63. The van der Waals surface area contributed by atoms with Crippen LogP contribution >= 0.6 is 0 Å². The third-order valence-corrected chi connectivity index (χ3v) is 4.20.